The lowest BCUT2D eigenvalue weighted by Gasteiger charge is -2.20. The molecule has 5 heteroatoms. The lowest BCUT2D eigenvalue weighted by Crippen LogP contribution is -2.35. The number of rotatable bonds is 2. The van der Waals surface area contributed by atoms with Gasteiger partial charge in [-0.3, -0.25) is 9.59 Å². The lowest BCUT2D eigenvalue weighted by molar-refractivity contribution is -0.124. The molecular weight excluding hydrogens is 254 g/mol. The molecule has 1 rings (SSSR count). The topological polar surface area (TPSA) is 66.1 Å². The largest absolute Gasteiger partial charge is 0.333 e. The number of nitrogens with zero attached hydrogens (tertiary/aromatic N) is 3. The van der Waals surface area contributed by atoms with Gasteiger partial charge in [0.15, 0.2) is 0 Å². The number of nitriles is 1. The maximum atomic E-state index is 11.8. The quantitative estimate of drug-likeness (QED) is 0.833. The molecule has 0 atom stereocenters. The van der Waals surface area contributed by atoms with Crippen LogP contribution in [0, 0.1) is 11.3 Å². The van der Waals surface area contributed by atoms with E-state index in [1.807, 2.05) is 33.9 Å². The van der Waals surface area contributed by atoms with Gasteiger partial charge in [-0.05, 0) is 17.9 Å². The Morgan fingerprint density at radius 1 is 1.30 bits per heavy atom. The summed E-state index contributed by atoms with van der Waals surface area (Å²) in [6, 6.07) is 2.15. The second-order valence-electron chi connectivity index (χ2n) is 5.76. The molecule has 5 nitrogen and oxygen atoms in total. The zero-order valence-corrected chi connectivity index (χ0v) is 12.9. The number of aryl methyl sites for hydroxylation is 1. The third kappa shape index (κ3) is 2.74. The van der Waals surface area contributed by atoms with Crippen molar-refractivity contribution in [2.45, 2.75) is 53.5 Å². The van der Waals surface area contributed by atoms with Crippen molar-refractivity contribution in [3.05, 3.63) is 17.3 Å². The molecule has 0 radical (unpaired) electrons. The second-order valence-corrected chi connectivity index (χ2v) is 5.76. The molecule has 1 aromatic heterocycles. The van der Waals surface area contributed by atoms with E-state index in [0.29, 0.717) is 17.9 Å². The summed E-state index contributed by atoms with van der Waals surface area (Å²) in [5, 5.41) is 9.47. The van der Waals surface area contributed by atoms with E-state index in [9.17, 15) is 14.9 Å². The molecule has 0 saturated heterocycles. The van der Waals surface area contributed by atoms with Gasteiger partial charge in [-0.2, -0.15) is 5.26 Å². The fraction of sp³-hybridized carbons (Fsp3) is 0.533. The number of amides is 2. The van der Waals surface area contributed by atoms with Crippen LogP contribution in [0.15, 0.2) is 6.20 Å². The molecule has 0 saturated carbocycles. The molecule has 0 aromatic carbocycles. The van der Waals surface area contributed by atoms with Gasteiger partial charge in [-0.25, -0.2) is 4.90 Å². The van der Waals surface area contributed by atoms with Crippen molar-refractivity contribution in [2.24, 2.45) is 0 Å². The van der Waals surface area contributed by atoms with Gasteiger partial charge in [-0.15, -0.1) is 0 Å². The van der Waals surface area contributed by atoms with Crippen LogP contribution in [0.3, 0.4) is 0 Å². The van der Waals surface area contributed by atoms with Crippen LogP contribution < -0.4 is 4.90 Å². The lowest BCUT2D eigenvalue weighted by atomic mass is 9.86. The van der Waals surface area contributed by atoms with Crippen LogP contribution in [0.1, 0.15) is 52.7 Å². The zero-order chi connectivity index (χ0) is 15.7. The molecule has 20 heavy (non-hydrogen) atoms. The maximum Gasteiger partial charge on any atom is 0.231 e. The molecule has 108 valence electrons. The SMILES string of the molecule is CCn1cc(C(C)(C)C)c(C#N)c1N(C(C)=O)C(C)=O. The summed E-state index contributed by atoms with van der Waals surface area (Å²) in [6.07, 6.45) is 1.85. The van der Waals surface area contributed by atoms with E-state index in [4.69, 9.17) is 0 Å². The van der Waals surface area contributed by atoms with Gasteiger partial charge in [0, 0.05) is 26.6 Å². The Morgan fingerprint density at radius 3 is 2.10 bits per heavy atom. The van der Waals surface area contributed by atoms with Gasteiger partial charge >= 0.3 is 0 Å². The van der Waals surface area contributed by atoms with Gasteiger partial charge in [0.2, 0.25) is 11.8 Å². The van der Waals surface area contributed by atoms with Crippen LogP contribution in [0.25, 0.3) is 0 Å². The Hall–Kier alpha value is -2.09. The first kappa shape index (κ1) is 16.0. The van der Waals surface area contributed by atoms with Crippen molar-refractivity contribution in [1.82, 2.24) is 4.57 Å². The smallest absolute Gasteiger partial charge is 0.231 e. The summed E-state index contributed by atoms with van der Waals surface area (Å²) in [5.41, 5.74) is 0.994. The first-order valence-electron chi connectivity index (χ1n) is 6.60. The molecule has 0 unspecified atom stereocenters. The van der Waals surface area contributed by atoms with E-state index in [-0.39, 0.29) is 17.2 Å². The Labute approximate surface area is 119 Å². The van der Waals surface area contributed by atoms with Crippen LogP contribution in [0.2, 0.25) is 0 Å². The Bertz CT molecular complexity index is 571. The third-order valence-electron chi connectivity index (χ3n) is 3.15. The highest BCUT2D eigenvalue weighted by atomic mass is 16.2. The minimum Gasteiger partial charge on any atom is -0.333 e. The molecular formula is C15H21N3O2. The highest BCUT2D eigenvalue weighted by Crippen LogP contribution is 2.34. The third-order valence-corrected chi connectivity index (χ3v) is 3.15. The first-order valence-corrected chi connectivity index (χ1v) is 6.60. The minimum atomic E-state index is -0.387. The van der Waals surface area contributed by atoms with E-state index >= 15 is 0 Å². The number of hydrogen-bond donors (Lipinski definition) is 0. The molecule has 0 bridgehead atoms. The zero-order valence-electron chi connectivity index (χ0n) is 12.9. The second kappa shape index (κ2) is 5.49. The van der Waals surface area contributed by atoms with Gasteiger partial charge in [0.1, 0.15) is 11.9 Å². The number of hydrogen-bond acceptors (Lipinski definition) is 3. The summed E-state index contributed by atoms with van der Waals surface area (Å²) >= 11 is 0. The van der Waals surface area contributed by atoms with Crippen LogP contribution in [-0.4, -0.2) is 16.4 Å². The minimum absolute atomic E-state index is 0.237. The average molecular weight is 275 g/mol. The number of aromatic nitrogens is 1. The van der Waals surface area contributed by atoms with Crippen LogP contribution >= 0.6 is 0 Å². The van der Waals surface area contributed by atoms with Crippen molar-refractivity contribution in [3.8, 4) is 6.07 Å². The summed E-state index contributed by atoms with van der Waals surface area (Å²) in [7, 11) is 0. The summed E-state index contributed by atoms with van der Waals surface area (Å²) < 4.78 is 1.78. The monoisotopic (exact) mass is 275 g/mol. The van der Waals surface area contributed by atoms with Crippen LogP contribution in [0.4, 0.5) is 5.82 Å². The van der Waals surface area contributed by atoms with Gasteiger partial charge in [0.25, 0.3) is 0 Å². The number of imide groups is 1. The van der Waals surface area contributed by atoms with E-state index in [1.54, 1.807) is 4.57 Å². The maximum absolute atomic E-state index is 11.8. The molecule has 2 amide bonds. The number of carbonyl (C=O) groups excluding carboxylic acids is 2. The molecule has 1 heterocycles. The van der Waals surface area contributed by atoms with Gasteiger partial charge < -0.3 is 4.57 Å². The Kier molecular flexibility index (Phi) is 4.39. The Morgan fingerprint density at radius 2 is 1.80 bits per heavy atom. The molecule has 1 aromatic rings. The summed E-state index contributed by atoms with van der Waals surface area (Å²) in [6.45, 7) is 11.1. The fourth-order valence-electron chi connectivity index (χ4n) is 2.23. The summed E-state index contributed by atoms with van der Waals surface area (Å²) in [5.74, 6) is -0.399. The average Bonchev–Trinajstić information content (AvgIpc) is 2.66. The molecule has 0 aliphatic rings. The highest BCUT2D eigenvalue weighted by molar-refractivity contribution is 6.13. The van der Waals surface area contributed by atoms with E-state index in [1.165, 1.54) is 13.8 Å². The van der Waals surface area contributed by atoms with Crippen molar-refractivity contribution < 1.29 is 9.59 Å². The highest BCUT2D eigenvalue weighted by Gasteiger charge is 2.30. The first-order chi connectivity index (χ1) is 9.15. The molecule has 0 N–H and O–H groups in total. The summed E-state index contributed by atoms with van der Waals surface area (Å²) in [4.78, 5) is 24.6. The molecule has 0 aliphatic heterocycles. The number of carbonyl (C=O) groups is 2. The van der Waals surface area contributed by atoms with Gasteiger partial charge in [-0.1, -0.05) is 20.8 Å². The predicted molar refractivity (Wildman–Crippen MR) is 77.4 cm³/mol. The van der Waals surface area contributed by atoms with Gasteiger partial charge in [0.05, 0.1) is 5.56 Å². The van der Waals surface area contributed by atoms with Crippen molar-refractivity contribution in [1.29, 1.82) is 5.26 Å². The predicted octanol–water partition coefficient (Wildman–Crippen LogP) is 2.58. The fourth-order valence-corrected chi connectivity index (χ4v) is 2.23. The number of anilines is 1. The Balaban J connectivity index is 3.69. The van der Waals surface area contributed by atoms with Crippen LogP contribution in [0.5, 0.6) is 0 Å². The molecule has 0 spiro atoms. The van der Waals surface area contributed by atoms with E-state index in [0.717, 1.165) is 10.5 Å². The molecule has 0 aliphatic carbocycles. The normalized spacial score (nSPS) is 11.1. The van der Waals surface area contributed by atoms with Crippen molar-refractivity contribution in [3.63, 3.8) is 0 Å². The van der Waals surface area contributed by atoms with E-state index < -0.39 is 0 Å². The van der Waals surface area contributed by atoms with Crippen LogP contribution in [-0.2, 0) is 21.5 Å². The van der Waals surface area contributed by atoms with E-state index in [2.05, 4.69) is 6.07 Å². The van der Waals surface area contributed by atoms with Crippen molar-refractivity contribution >= 4 is 17.6 Å². The standard InChI is InChI=1S/C15H21N3O2/c1-7-17-9-13(15(4,5)6)12(8-16)14(17)18(10(2)19)11(3)20/h9H,7H2,1-6H3. The van der Waals surface area contributed by atoms with Crippen molar-refractivity contribution in [2.75, 3.05) is 4.90 Å². The molecule has 0 fully saturated rings.